The average molecular weight is 635 g/mol. The summed E-state index contributed by atoms with van der Waals surface area (Å²) in [5.74, 6) is 0.184. The smallest absolute Gasteiger partial charge is 0.344 e. The van der Waals surface area contributed by atoms with Gasteiger partial charge in [-0.1, -0.05) is 90.7 Å². The van der Waals surface area contributed by atoms with E-state index in [1.165, 1.54) is 5.56 Å². The minimum Gasteiger partial charge on any atom is -0.454 e. The number of amides is 1. The Labute approximate surface area is 268 Å². The summed E-state index contributed by atoms with van der Waals surface area (Å²) in [5, 5.41) is 7.87. The first-order valence-electron chi connectivity index (χ1n) is 15.0. The molecule has 0 radical (unpaired) electrons. The predicted octanol–water partition coefficient (Wildman–Crippen LogP) is 8.72. The highest BCUT2D eigenvalue weighted by molar-refractivity contribution is 6.39. The van der Waals surface area contributed by atoms with Gasteiger partial charge in [-0.15, -0.1) is 0 Å². The second-order valence-electron chi connectivity index (χ2n) is 11.5. The van der Waals surface area contributed by atoms with Gasteiger partial charge in [0, 0.05) is 30.1 Å². The van der Waals surface area contributed by atoms with Gasteiger partial charge in [-0.2, -0.15) is 0 Å². The number of nitrogens with one attached hydrogen (secondary N) is 1. The van der Waals surface area contributed by atoms with Gasteiger partial charge in [0.05, 0.1) is 10.0 Å². The Hall–Kier alpha value is -3.65. The number of benzene rings is 3. The highest BCUT2D eigenvalue weighted by Crippen LogP contribution is 2.38. The summed E-state index contributed by atoms with van der Waals surface area (Å²) in [7, 11) is 0. The van der Waals surface area contributed by atoms with Crippen molar-refractivity contribution in [3.63, 3.8) is 0 Å². The van der Waals surface area contributed by atoms with Crippen molar-refractivity contribution in [3.05, 3.63) is 105 Å². The summed E-state index contributed by atoms with van der Waals surface area (Å²) < 4.78 is 11.6. The van der Waals surface area contributed by atoms with Crippen LogP contribution in [0.2, 0.25) is 10.0 Å². The molecule has 1 atom stereocenters. The number of carbonyl (C=O) groups excluding carboxylic acids is 2. The number of rotatable bonds is 10. The van der Waals surface area contributed by atoms with E-state index in [2.05, 4.69) is 27.5 Å². The van der Waals surface area contributed by atoms with Crippen molar-refractivity contribution in [2.75, 3.05) is 25.0 Å². The van der Waals surface area contributed by atoms with Crippen LogP contribution in [0.1, 0.15) is 72.4 Å². The van der Waals surface area contributed by atoms with Crippen LogP contribution in [-0.4, -0.2) is 41.6 Å². The standard InChI is InChI=1S/C35H37Cl2N3O4/c1-22(2)34(41)38-27-12-7-11-26(21-27)24-15-18-40(19-16-24)20-17-30(25-9-5-4-6-10-25)43-35(42)31-23(3)44-39-33(31)32-28(36)13-8-14-29(32)37/h4-14,21-22,24,30H,15-20H2,1-3H3,(H,38,41)/t30-/m0/s1. The molecular weight excluding hydrogens is 597 g/mol. The number of carbonyl (C=O) groups is 2. The zero-order chi connectivity index (χ0) is 31.2. The fraction of sp³-hybridized carbons (Fsp3) is 0.343. The maximum Gasteiger partial charge on any atom is 0.344 e. The van der Waals surface area contributed by atoms with Gasteiger partial charge in [0.1, 0.15) is 23.1 Å². The lowest BCUT2D eigenvalue weighted by Crippen LogP contribution is -2.34. The van der Waals surface area contributed by atoms with Gasteiger partial charge in [0.2, 0.25) is 5.91 Å². The first-order chi connectivity index (χ1) is 21.2. The van der Waals surface area contributed by atoms with Crippen LogP contribution in [0.15, 0.2) is 77.3 Å². The largest absolute Gasteiger partial charge is 0.454 e. The number of aromatic nitrogens is 1. The first-order valence-corrected chi connectivity index (χ1v) is 15.8. The second kappa shape index (κ2) is 14.4. The fourth-order valence-corrected chi connectivity index (χ4v) is 6.18. The zero-order valence-corrected chi connectivity index (χ0v) is 26.7. The van der Waals surface area contributed by atoms with E-state index in [0.29, 0.717) is 33.7 Å². The van der Waals surface area contributed by atoms with Crippen LogP contribution in [0.3, 0.4) is 0 Å². The summed E-state index contributed by atoms with van der Waals surface area (Å²) in [6, 6.07) is 23.1. The third-order valence-electron chi connectivity index (χ3n) is 8.13. The molecule has 7 nitrogen and oxygen atoms in total. The SMILES string of the molecule is Cc1onc(-c2c(Cl)cccc2Cl)c1C(=O)O[C@@H](CCN1CCC(c2cccc(NC(=O)C(C)C)c2)CC1)c1ccccc1. The summed E-state index contributed by atoms with van der Waals surface area (Å²) in [4.78, 5) is 28.2. The molecule has 1 N–H and O–H groups in total. The second-order valence-corrected chi connectivity index (χ2v) is 12.4. The van der Waals surface area contributed by atoms with Crippen molar-refractivity contribution in [3.8, 4) is 11.3 Å². The molecular formula is C35H37Cl2N3O4. The number of likely N-dealkylation sites (tertiary alicyclic amines) is 1. The molecule has 3 aromatic carbocycles. The number of hydrogen-bond donors (Lipinski definition) is 1. The minimum absolute atomic E-state index is 0.0220. The van der Waals surface area contributed by atoms with Crippen LogP contribution in [0, 0.1) is 12.8 Å². The maximum atomic E-state index is 13.7. The highest BCUT2D eigenvalue weighted by Gasteiger charge is 2.29. The molecule has 5 rings (SSSR count). The van der Waals surface area contributed by atoms with E-state index < -0.39 is 12.1 Å². The quantitative estimate of drug-likeness (QED) is 0.176. The fourth-order valence-electron chi connectivity index (χ4n) is 5.60. The Morgan fingerprint density at radius 3 is 2.36 bits per heavy atom. The van der Waals surface area contributed by atoms with Crippen LogP contribution < -0.4 is 5.32 Å². The Morgan fingerprint density at radius 2 is 1.68 bits per heavy atom. The molecule has 9 heteroatoms. The van der Waals surface area contributed by atoms with Crippen LogP contribution in [0.4, 0.5) is 5.69 Å². The van der Waals surface area contributed by atoms with Crippen LogP contribution >= 0.6 is 23.2 Å². The summed E-state index contributed by atoms with van der Waals surface area (Å²) in [6.45, 7) is 8.10. The predicted molar refractivity (Wildman–Crippen MR) is 174 cm³/mol. The van der Waals surface area contributed by atoms with Gasteiger partial charge >= 0.3 is 5.97 Å². The molecule has 44 heavy (non-hydrogen) atoms. The minimum atomic E-state index is -0.535. The van der Waals surface area contributed by atoms with E-state index >= 15 is 0 Å². The van der Waals surface area contributed by atoms with Crippen molar-refractivity contribution >= 4 is 40.8 Å². The van der Waals surface area contributed by atoms with Crippen LogP contribution in [0.5, 0.6) is 0 Å². The van der Waals surface area contributed by atoms with Crippen molar-refractivity contribution in [1.82, 2.24) is 10.1 Å². The molecule has 0 aliphatic carbocycles. The molecule has 1 aliphatic rings. The molecule has 1 fully saturated rings. The molecule has 4 aromatic rings. The highest BCUT2D eigenvalue weighted by atomic mass is 35.5. The van der Waals surface area contributed by atoms with Crippen LogP contribution in [-0.2, 0) is 9.53 Å². The van der Waals surface area contributed by atoms with E-state index in [1.807, 2.05) is 56.3 Å². The average Bonchev–Trinajstić information content (AvgIpc) is 3.40. The maximum absolute atomic E-state index is 13.7. The Morgan fingerprint density at radius 1 is 1.00 bits per heavy atom. The van der Waals surface area contributed by atoms with Crippen molar-refractivity contribution in [1.29, 1.82) is 0 Å². The summed E-state index contributed by atoms with van der Waals surface area (Å²) in [6.07, 6.45) is 2.19. The number of piperidine rings is 1. The molecule has 1 amide bonds. The molecule has 1 aliphatic heterocycles. The molecule has 0 spiro atoms. The molecule has 1 saturated heterocycles. The van der Waals surface area contributed by atoms with E-state index in [1.54, 1.807) is 25.1 Å². The lowest BCUT2D eigenvalue weighted by molar-refractivity contribution is -0.118. The third kappa shape index (κ3) is 7.52. The number of nitrogens with zero attached hydrogens (tertiary/aromatic N) is 2. The van der Waals surface area contributed by atoms with E-state index in [0.717, 1.165) is 43.7 Å². The molecule has 230 valence electrons. The van der Waals surface area contributed by atoms with E-state index in [-0.39, 0.29) is 23.1 Å². The van der Waals surface area contributed by atoms with Gasteiger partial charge in [0.25, 0.3) is 0 Å². The van der Waals surface area contributed by atoms with Crippen molar-refractivity contribution in [2.45, 2.75) is 52.1 Å². The van der Waals surface area contributed by atoms with Crippen LogP contribution in [0.25, 0.3) is 11.3 Å². The number of aryl methyl sites for hydroxylation is 1. The normalized spacial score (nSPS) is 14.9. The van der Waals surface area contributed by atoms with Crippen molar-refractivity contribution in [2.24, 2.45) is 5.92 Å². The lowest BCUT2D eigenvalue weighted by Gasteiger charge is -2.33. The third-order valence-corrected chi connectivity index (χ3v) is 8.76. The molecule has 0 saturated carbocycles. The van der Waals surface area contributed by atoms with E-state index in [4.69, 9.17) is 32.5 Å². The molecule has 0 bridgehead atoms. The Kier molecular flexibility index (Phi) is 10.4. The molecule has 1 aromatic heterocycles. The number of halogens is 2. The number of esters is 1. The van der Waals surface area contributed by atoms with Gasteiger partial charge in [-0.3, -0.25) is 4.79 Å². The molecule has 2 heterocycles. The summed E-state index contributed by atoms with van der Waals surface area (Å²) in [5.41, 5.74) is 3.94. The number of anilines is 1. The zero-order valence-electron chi connectivity index (χ0n) is 25.2. The van der Waals surface area contributed by atoms with E-state index in [9.17, 15) is 9.59 Å². The Bertz CT molecular complexity index is 1580. The number of hydrogen-bond acceptors (Lipinski definition) is 6. The van der Waals surface area contributed by atoms with Gasteiger partial charge in [0.15, 0.2) is 0 Å². The monoisotopic (exact) mass is 633 g/mol. The van der Waals surface area contributed by atoms with Gasteiger partial charge in [-0.05, 0) is 74.2 Å². The first kappa shape index (κ1) is 31.8. The van der Waals surface area contributed by atoms with Crippen molar-refractivity contribution < 1.29 is 18.8 Å². The topological polar surface area (TPSA) is 84.7 Å². The Balaban J connectivity index is 1.25. The summed E-state index contributed by atoms with van der Waals surface area (Å²) >= 11 is 12.9. The lowest BCUT2D eigenvalue weighted by atomic mass is 9.89. The van der Waals surface area contributed by atoms with Gasteiger partial charge in [-0.25, -0.2) is 4.79 Å². The number of ether oxygens (including phenoxy) is 1. The molecule has 0 unspecified atom stereocenters. The van der Waals surface area contributed by atoms with Gasteiger partial charge < -0.3 is 19.5 Å².